The quantitative estimate of drug-likeness (QED) is 0.457. The molecule has 2 amide bonds. The highest BCUT2D eigenvalue weighted by atomic mass is 32.1. The number of fused-ring (bicyclic) bond motifs is 1. The second kappa shape index (κ2) is 8.11. The largest absolute Gasteiger partial charge is 0.365 e. The number of primary amides is 1. The Labute approximate surface area is 184 Å². The molecule has 0 fully saturated rings. The molecule has 0 aliphatic heterocycles. The Morgan fingerprint density at radius 1 is 1.31 bits per heavy atom. The maximum atomic E-state index is 13.6. The van der Waals surface area contributed by atoms with E-state index in [-0.39, 0.29) is 21.1 Å². The zero-order valence-corrected chi connectivity index (χ0v) is 18.2. The van der Waals surface area contributed by atoms with Crippen molar-refractivity contribution in [2.24, 2.45) is 12.8 Å². The van der Waals surface area contributed by atoms with E-state index in [0.717, 1.165) is 11.3 Å². The first-order chi connectivity index (χ1) is 15.2. The molecule has 3 N–H and O–H groups in total. The number of hydrogen-bond acceptors (Lipinski definition) is 6. The molecule has 0 aliphatic rings. The smallest absolute Gasteiger partial charge is 0.280 e. The Morgan fingerprint density at radius 3 is 2.66 bits per heavy atom. The number of carbonyl (C=O) groups is 2. The number of halogens is 2. The lowest BCUT2D eigenvalue weighted by molar-refractivity contribution is 0.100. The van der Waals surface area contributed by atoms with Crippen LogP contribution in [0.5, 0.6) is 0 Å². The Balaban J connectivity index is 1.99. The van der Waals surface area contributed by atoms with Crippen molar-refractivity contribution < 1.29 is 18.4 Å². The average Bonchev–Trinajstić information content (AvgIpc) is 3.44. The molecule has 32 heavy (non-hydrogen) atoms. The van der Waals surface area contributed by atoms with Gasteiger partial charge < -0.3 is 11.1 Å². The second-order valence-corrected chi connectivity index (χ2v) is 8.03. The first kappa shape index (κ1) is 21.6. The fraction of sp³-hybridized carbons (Fsp3) is 0.250. The average molecular weight is 459 g/mol. The van der Waals surface area contributed by atoms with Crippen LogP contribution < -0.4 is 11.1 Å². The molecule has 0 unspecified atom stereocenters. The maximum absolute atomic E-state index is 13.6. The zero-order valence-electron chi connectivity index (χ0n) is 17.4. The van der Waals surface area contributed by atoms with Crippen molar-refractivity contribution in [3.05, 3.63) is 46.5 Å². The lowest BCUT2D eigenvalue weighted by Gasteiger charge is -2.11. The molecule has 4 aromatic heterocycles. The molecule has 0 aliphatic carbocycles. The molecule has 4 aromatic rings. The first-order valence-electron chi connectivity index (χ1n) is 9.60. The van der Waals surface area contributed by atoms with Crippen molar-refractivity contribution in [3.63, 3.8) is 0 Å². The molecule has 9 nitrogen and oxygen atoms in total. The molecule has 12 heteroatoms. The SMILES string of the molecule is CCn1nccc1C(=O)Nc1c(C(N)=O)sc2nc(C(F)F)cc(-c3cn(C)nc3C)c12. The molecule has 0 spiro atoms. The van der Waals surface area contributed by atoms with Gasteiger partial charge in [-0.3, -0.25) is 19.0 Å². The summed E-state index contributed by atoms with van der Waals surface area (Å²) in [5, 5.41) is 11.4. The van der Waals surface area contributed by atoms with Gasteiger partial charge in [0.15, 0.2) is 0 Å². The van der Waals surface area contributed by atoms with E-state index in [0.29, 0.717) is 28.8 Å². The van der Waals surface area contributed by atoms with E-state index in [4.69, 9.17) is 5.73 Å². The van der Waals surface area contributed by atoms with Gasteiger partial charge >= 0.3 is 0 Å². The van der Waals surface area contributed by atoms with E-state index < -0.39 is 23.9 Å². The van der Waals surface area contributed by atoms with Gasteiger partial charge in [0.05, 0.1) is 11.4 Å². The summed E-state index contributed by atoms with van der Waals surface area (Å²) >= 11 is 0.851. The standard InChI is InChI=1S/C20H19F2N7O2S/c1-4-29-13(5-6-24-29)19(31)26-15-14-10(11-8-28(3)27-9(11)2)7-12(17(21)22)25-20(14)32-16(15)18(23)30/h5-8,17H,4H2,1-3H3,(H2,23,30)(H,26,31). The van der Waals surface area contributed by atoms with Gasteiger partial charge in [-0.2, -0.15) is 10.2 Å². The monoisotopic (exact) mass is 459 g/mol. The normalized spacial score (nSPS) is 11.4. The van der Waals surface area contributed by atoms with Crippen molar-refractivity contribution in [1.29, 1.82) is 0 Å². The summed E-state index contributed by atoms with van der Waals surface area (Å²) in [6, 6.07) is 2.79. The van der Waals surface area contributed by atoms with Crippen LogP contribution in [0.25, 0.3) is 21.3 Å². The number of anilines is 1. The van der Waals surface area contributed by atoms with E-state index in [9.17, 15) is 18.4 Å². The van der Waals surface area contributed by atoms with Gasteiger partial charge in [0.25, 0.3) is 18.2 Å². The summed E-state index contributed by atoms with van der Waals surface area (Å²) in [6.45, 7) is 4.03. The number of nitrogens with two attached hydrogens (primary N) is 1. The Kier molecular flexibility index (Phi) is 5.46. The molecule has 0 saturated heterocycles. The molecule has 0 radical (unpaired) electrons. The van der Waals surface area contributed by atoms with Crippen LogP contribution in [0.4, 0.5) is 14.5 Å². The Morgan fingerprint density at radius 2 is 2.06 bits per heavy atom. The number of aryl methyl sites for hydroxylation is 3. The third-order valence-electron chi connectivity index (χ3n) is 4.92. The number of nitrogens with one attached hydrogen (secondary N) is 1. The number of pyridine rings is 1. The summed E-state index contributed by atoms with van der Waals surface area (Å²) in [7, 11) is 1.71. The third kappa shape index (κ3) is 3.62. The van der Waals surface area contributed by atoms with Gasteiger partial charge in [0, 0.05) is 36.9 Å². The van der Waals surface area contributed by atoms with E-state index >= 15 is 0 Å². The number of carbonyl (C=O) groups excluding carboxylic acids is 2. The molecule has 0 bridgehead atoms. The Hall–Kier alpha value is -3.67. The molecule has 0 atom stereocenters. The minimum Gasteiger partial charge on any atom is -0.365 e. The van der Waals surface area contributed by atoms with Gasteiger partial charge in [-0.1, -0.05) is 0 Å². The highest BCUT2D eigenvalue weighted by molar-refractivity contribution is 7.21. The third-order valence-corrected chi connectivity index (χ3v) is 6.02. The second-order valence-electron chi connectivity index (χ2n) is 7.03. The van der Waals surface area contributed by atoms with Crippen molar-refractivity contribution in [1.82, 2.24) is 24.5 Å². The van der Waals surface area contributed by atoms with Crippen LogP contribution in [-0.4, -0.2) is 36.4 Å². The van der Waals surface area contributed by atoms with Crippen LogP contribution in [0, 0.1) is 6.92 Å². The summed E-state index contributed by atoms with van der Waals surface area (Å²) in [5.41, 5.74) is 7.05. The first-order valence-corrected chi connectivity index (χ1v) is 10.4. The fourth-order valence-electron chi connectivity index (χ4n) is 3.55. The topological polar surface area (TPSA) is 121 Å². The minimum absolute atomic E-state index is 0.0117. The molecule has 166 valence electrons. The zero-order chi connectivity index (χ0) is 23.2. The summed E-state index contributed by atoms with van der Waals surface area (Å²) in [6.07, 6.45) is 0.338. The maximum Gasteiger partial charge on any atom is 0.280 e. The number of hydrogen-bond donors (Lipinski definition) is 2. The van der Waals surface area contributed by atoms with Crippen molar-refractivity contribution in [3.8, 4) is 11.1 Å². The summed E-state index contributed by atoms with van der Waals surface area (Å²) in [4.78, 5) is 29.4. The van der Waals surface area contributed by atoms with Crippen LogP contribution in [-0.2, 0) is 13.6 Å². The number of thiophene rings is 1. The molecular formula is C20H19F2N7O2S. The van der Waals surface area contributed by atoms with Gasteiger partial charge in [-0.15, -0.1) is 11.3 Å². The van der Waals surface area contributed by atoms with E-state index in [2.05, 4.69) is 20.5 Å². The van der Waals surface area contributed by atoms with Crippen molar-refractivity contribution in [2.75, 3.05) is 5.32 Å². The van der Waals surface area contributed by atoms with Crippen LogP contribution >= 0.6 is 11.3 Å². The summed E-state index contributed by atoms with van der Waals surface area (Å²) in [5.74, 6) is -1.32. The number of amides is 2. The van der Waals surface area contributed by atoms with Crippen LogP contribution in [0.3, 0.4) is 0 Å². The molecular weight excluding hydrogens is 440 g/mol. The van der Waals surface area contributed by atoms with Gasteiger partial charge in [0.1, 0.15) is 21.1 Å². The number of rotatable bonds is 6. The highest BCUT2D eigenvalue weighted by Gasteiger charge is 2.26. The summed E-state index contributed by atoms with van der Waals surface area (Å²) < 4.78 is 30.2. The number of aromatic nitrogens is 5. The van der Waals surface area contributed by atoms with Gasteiger partial charge in [-0.25, -0.2) is 13.8 Å². The predicted molar refractivity (Wildman–Crippen MR) is 116 cm³/mol. The Bertz CT molecular complexity index is 1360. The molecule has 4 heterocycles. The fourth-order valence-corrected chi connectivity index (χ4v) is 4.57. The van der Waals surface area contributed by atoms with Gasteiger partial charge in [0.2, 0.25) is 0 Å². The molecule has 4 rings (SSSR count). The van der Waals surface area contributed by atoms with Crippen LogP contribution in [0.2, 0.25) is 0 Å². The van der Waals surface area contributed by atoms with Crippen molar-refractivity contribution in [2.45, 2.75) is 26.8 Å². The number of nitrogens with zero attached hydrogens (tertiary/aromatic N) is 5. The van der Waals surface area contributed by atoms with E-state index in [1.54, 1.807) is 24.9 Å². The van der Waals surface area contributed by atoms with E-state index in [1.165, 1.54) is 23.0 Å². The molecule has 0 aromatic carbocycles. The van der Waals surface area contributed by atoms with Gasteiger partial charge in [-0.05, 0) is 31.5 Å². The van der Waals surface area contributed by atoms with Crippen molar-refractivity contribution >= 4 is 39.1 Å². The highest BCUT2D eigenvalue weighted by Crippen LogP contribution is 2.43. The van der Waals surface area contributed by atoms with Crippen LogP contribution in [0.1, 0.15) is 44.9 Å². The lowest BCUT2D eigenvalue weighted by atomic mass is 10.0. The number of alkyl halides is 2. The van der Waals surface area contributed by atoms with Crippen LogP contribution in [0.15, 0.2) is 24.5 Å². The minimum atomic E-state index is -2.83. The lowest BCUT2D eigenvalue weighted by Crippen LogP contribution is -2.19. The molecule has 0 saturated carbocycles. The predicted octanol–water partition coefficient (Wildman–Crippen LogP) is 3.51. The van der Waals surface area contributed by atoms with E-state index in [1.807, 2.05) is 6.92 Å².